The van der Waals surface area contributed by atoms with Crippen molar-refractivity contribution in [3.63, 3.8) is 0 Å². The highest BCUT2D eigenvalue weighted by atomic mass is 16.5. The monoisotopic (exact) mass is 300 g/mol. The van der Waals surface area contributed by atoms with Gasteiger partial charge in [-0.25, -0.2) is 0 Å². The minimum Gasteiger partial charge on any atom is -0.490 e. The van der Waals surface area contributed by atoms with Crippen molar-refractivity contribution in [3.05, 3.63) is 40.8 Å². The van der Waals surface area contributed by atoms with E-state index in [2.05, 4.69) is 4.98 Å². The highest BCUT2D eigenvalue weighted by Crippen LogP contribution is 2.22. The van der Waals surface area contributed by atoms with E-state index in [0.29, 0.717) is 11.8 Å². The Hall–Kier alpha value is -2.30. The van der Waals surface area contributed by atoms with E-state index < -0.39 is 0 Å². The van der Waals surface area contributed by atoms with Gasteiger partial charge in [-0.15, -0.1) is 0 Å². The first-order valence-electron chi connectivity index (χ1n) is 7.73. The zero-order valence-electron chi connectivity index (χ0n) is 12.7. The van der Waals surface area contributed by atoms with Crippen LogP contribution in [0.5, 0.6) is 5.75 Å². The topological polar surface area (TPSA) is 62.4 Å². The molecule has 1 fully saturated rings. The van der Waals surface area contributed by atoms with Gasteiger partial charge in [0.2, 0.25) is 5.91 Å². The fourth-order valence-corrected chi connectivity index (χ4v) is 2.88. The van der Waals surface area contributed by atoms with Crippen LogP contribution in [0.4, 0.5) is 0 Å². The fraction of sp³-hybridized carbons (Fsp3) is 0.412. The molecule has 1 aliphatic rings. The minimum atomic E-state index is -0.0876. The van der Waals surface area contributed by atoms with E-state index in [0.717, 1.165) is 37.1 Å². The van der Waals surface area contributed by atoms with E-state index in [-0.39, 0.29) is 17.6 Å². The molecule has 1 N–H and O–H groups in total. The number of carbonyl (C=O) groups is 1. The number of carbonyl (C=O) groups excluding carboxylic acids is 1. The number of pyridine rings is 1. The number of benzene rings is 1. The van der Waals surface area contributed by atoms with Crippen molar-refractivity contribution < 1.29 is 9.53 Å². The lowest BCUT2D eigenvalue weighted by Crippen LogP contribution is -2.41. The third-order valence-electron chi connectivity index (χ3n) is 4.14. The number of nitrogens with zero attached hydrogens (tertiary/aromatic N) is 1. The van der Waals surface area contributed by atoms with Crippen LogP contribution in [0.2, 0.25) is 0 Å². The van der Waals surface area contributed by atoms with Gasteiger partial charge in [0, 0.05) is 43.9 Å². The van der Waals surface area contributed by atoms with Crippen LogP contribution in [0, 0.1) is 0 Å². The smallest absolute Gasteiger partial charge is 0.255 e. The van der Waals surface area contributed by atoms with Crippen LogP contribution in [0.1, 0.15) is 26.2 Å². The Balaban J connectivity index is 1.67. The van der Waals surface area contributed by atoms with Crippen molar-refractivity contribution in [1.29, 1.82) is 0 Å². The molecule has 22 heavy (non-hydrogen) atoms. The number of piperidine rings is 1. The Morgan fingerprint density at radius 3 is 2.82 bits per heavy atom. The SMILES string of the molecule is CCC(=O)N1CCC(Oc2ccc3c(=O)[nH]ccc3c2)CC1. The lowest BCUT2D eigenvalue weighted by Gasteiger charge is -2.32. The zero-order valence-corrected chi connectivity index (χ0v) is 12.7. The summed E-state index contributed by atoms with van der Waals surface area (Å²) in [6, 6.07) is 7.39. The predicted octanol–water partition coefficient (Wildman–Crippen LogP) is 2.31. The average Bonchev–Trinajstić information content (AvgIpc) is 2.55. The van der Waals surface area contributed by atoms with E-state index in [1.165, 1.54) is 0 Å². The predicted molar refractivity (Wildman–Crippen MR) is 85.1 cm³/mol. The number of hydrogen-bond acceptors (Lipinski definition) is 3. The van der Waals surface area contributed by atoms with Gasteiger partial charge in [-0.1, -0.05) is 6.92 Å². The van der Waals surface area contributed by atoms with Gasteiger partial charge in [0.25, 0.3) is 5.56 Å². The van der Waals surface area contributed by atoms with Crippen molar-refractivity contribution in [2.24, 2.45) is 0 Å². The molecule has 3 rings (SSSR count). The van der Waals surface area contributed by atoms with Crippen LogP contribution >= 0.6 is 0 Å². The molecular formula is C17H20N2O3. The number of likely N-dealkylation sites (tertiary alicyclic amines) is 1. The van der Waals surface area contributed by atoms with Crippen LogP contribution in [-0.2, 0) is 4.79 Å². The Morgan fingerprint density at radius 2 is 2.09 bits per heavy atom. The van der Waals surface area contributed by atoms with Gasteiger partial charge in [-0.2, -0.15) is 0 Å². The first-order chi connectivity index (χ1) is 10.7. The van der Waals surface area contributed by atoms with Gasteiger partial charge >= 0.3 is 0 Å². The number of fused-ring (bicyclic) bond motifs is 1. The number of amides is 1. The lowest BCUT2D eigenvalue weighted by molar-refractivity contribution is -0.132. The standard InChI is InChI=1S/C17H20N2O3/c1-2-16(20)19-9-6-13(7-10-19)22-14-3-4-15-12(11-14)5-8-18-17(15)21/h3-5,8,11,13H,2,6-7,9-10H2,1H3,(H,18,21). The summed E-state index contributed by atoms with van der Waals surface area (Å²) in [7, 11) is 0. The molecule has 1 aromatic carbocycles. The minimum absolute atomic E-state index is 0.0876. The molecule has 0 saturated carbocycles. The first-order valence-corrected chi connectivity index (χ1v) is 7.73. The average molecular weight is 300 g/mol. The molecular weight excluding hydrogens is 280 g/mol. The number of aromatic nitrogens is 1. The molecule has 2 aromatic rings. The summed E-state index contributed by atoms with van der Waals surface area (Å²) in [6.07, 6.45) is 4.02. The summed E-state index contributed by atoms with van der Waals surface area (Å²) < 4.78 is 6.01. The maximum atomic E-state index is 11.7. The molecule has 0 radical (unpaired) electrons. The Labute approximate surface area is 128 Å². The third-order valence-corrected chi connectivity index (χ3v) is 4.14. The molecule has 1 aromatic heterocycles. The number of aromatic amines is 1. The number of nitrogens with one attached hydrogen (secondary N) is 1. The highest BCUT2D eigenvalue weighted by Gasteiger charge is 2.22. The summed E-state index contributed by atoms with van der Waals surface area (Å²) in [5, 5.41) is 1.54. The van der Waals surface area contributed by atoms with Crippen LogP contribution in [-0.4, -0.2) is 35.0 Å². The molecule has 0 spiro atoms. The molecule has 5 heteroatoms. The Morgan fingerprint density at radius 1 is 1.32 bits per heavy atom. The summed E-state index contributed by atoms with van der Waals surface area (Å²) in [5.74, 6) is 0.988. The van der Waals surface area contributed by atoms with Crippen molar-refractivity contribution in [2.75, 3.05) is 13.1 Å². The quantitative estimate of drug-likeness (QED) is 0.946. The third kappa shape index (κ3) is 2.98. The molecule has 0 bridgehead atoms. The van der Waals surface area contributed by atoms with Gasteiger partial charge in [-0.3, -0.25) is 9.59 Å². The van der Waals surface area contributed by atoms with Crippen molar-refractivity contribution in [3.8, 4) is 5.75 Å². The molecule has 116 valence electrons. The second kappa shape index (κ2) is 6.22. The molecule has 0 unspecified atom stereocenters. The molecule has 1 aliphatic heterocycles. The molecule has 0 atom stereocenters. The summed E-state index contributed by atoms with van der Waals surface area (Å²) in [6.45, 7) is 3.40. The maximum Gasteiger partial charge on any atom is 0.255 e. The number of H-pyrrole nitrogens is 1. The van der Waals surface area contributed by atoms with Crippen LogP contribution in [0.25, 0.3) is 10.8 Å². The van der Waals surface area contributed by atoms with Crippen molar-refractivity contribution in [2.45, 2.75) is 32.3 Å². The normalized spacial score (nSPS) is 16.0. The van der Waals surface area contributed by atoms with E-state index in [9.17, 15) is 9.59 Å². The zero-order chi connectivity index (χ0) is 15.5. The van der Waals surface area contributed by atoms with Crippen molar-refractivity contribution >= 4 is 16.7 Å². The molecule has 1 saturated heterocycles. The fourth-order valence-electron chi connectivity index (χ4n) is 2.88. The van der Waals surface area contributed by atoms with Crippen molar-refractivity contribution in [1.82, 2.24) is 9.88 Å². The van der Waals surface area contributed by atoms with Gasteiger partial charge in [0.15, 0.2) is 0 Å². The molecule has 1 amide bonds. The van der Waals surface area contributed by atoms with Gasteiger partial charge in [-0.05, 0) is 29.7 Å². The van der Waals surface area contributed by atoms with E-state index in [1.807, 2.05) is 30.0 Å². The highest BCUT2D eigenvalue weighted by molar-refractivity contribution is 5.82. The summed E-state index contributed by atoms with van der Waals surface area (Å²) >= 11 is 0. The lowest BCUT2D eigenvalue weighted by atomic mass is 10.1. The maximum absolute atomic E-state index is 11.7. The van der Waals surface area contributed by atoms with Gasteiger partial charge in [0.05, 0.1) is 0 Å². The van der Waals surface area contributed by atoms with Crippen LogP contribution < -0.4 is 10.3 Å². The summed E-state index contributed by atoms with van der Waals surface area (Å²) in [4.78, 5) is 27.9. The molecule has 0 aliphatic carbocycles. The van der Waals surface area contributed by atoms with Crippen LogP contribution in [0.15, 0.2) is 35.3 Å². The molecule has 5 nitrogen and oxygen atoms in total. The van der Waals surface area contributed by atoms with Crippen LogP contribution in [0.3, 0.4) is 0 Å². The van der Waals surface area contributed by atoms with E-state index >= 15 is 0 Å². The Kier molecular flexibility index (Phi) is 4.13. The number of hydrogen-bond donors (Lipinski definition) is 1. The second-order valence-electron chi connectivity index (χ2n) is 5.61. The van der Waals surface area contributed by atoms with Gasteiger partial charge < -0.3 is 14.6 Å². The molecule has 2 heterocycles. The number of rotatable bonds is 3. The second-order valence-corrected chi connectivity index (χ2v) is 5.61. The largest absolute Gasteiger partial charge is 0.490 e. The van der Waals surface area contributed by atoms with E-state index in [1.54, 1.807) is 12.3 Å². The van der Waals surface area contributed by atoms with E-state index in [4.69, 9.17) is 4.74 Å². The number of ether oxygens (including phenoxy) is 1. The summed E-state index contributed by atoms with van der Waals surface area (Å²) in [5.41, 5.74) is -0.0876. The first kappa shape index (κ1) is 14.6. The van der Waals surface area contributed by atoms with Gasteiger partial charge in [0.1, 0.15) is 11.9 Å². The Bertz CT molecular complexity index is 730.